The third-order valence-corrected chi connectivity index (χ3v) is 4.76. The maximum absolute atomic E-state index is 11.9. The largest absolute Gasteiger partial charge is 0.413 e. The van der Waals surface area contributed by atoms with Gasteiger partial charge in [-0.25, -0.2) is 15.0 Å². The van der Waals surface area contributed by atoms with Gasteiger partial charge in [0.25, 0.3) is 0 Å². The van der Waals surface area contributed by atoms with Crippen LogP contribution in [0.15, 0.2) is 30.5 Å². The number of hydrogen-bond acceptors (Lipinski definition) is 7. The molecule has 0 spiro atoms. The molecule has 4 rings (SSSR count). The quantitative estimate of drug-likeness (QED) is 0.730. The number of nitrogens with two attached hydrogens (primary N) is 1. The number of carbonyl (C=O) groups is 1. The summed E-state index contributed by atoms with van der Waals surface area (Å²) in [5, 5.41) is 0. The average Bonchev–Trinajstić information content (AvgIpc) is 2.96. The van der Waals surface area contributed by atoms with Crippen LogP contribution in [-0.2, 0) is 4.79 Å². The summed E-state index contributed by atoms with van der Waals surface area (Å²) in [5.74, 6) is 1.86. The topological polar surface area (TPSA) is 102 Å². The molecule has 140 valence electrons. The number of pyridine rings is 2. The zero-order valence-electron chi connectivity index (χ0n) is 15.3. The van der Waals surface area contributed by atoms with Crippen molar-refractivity contribution in [3.63, 3.8) is 0 Å². The molecule has 1 aliphatic heterocycles. The zero-order chi connectivity index (χ0) is 19.0. The third-order valence-electron chi connectivity index (χ3n) is 4.76. The van der Waals surface area contributed by atoms with Gasteiger partial charge >= 0.3 is 0 Å². The van der Waals surface area contributed by atoms with Crippen molar-refractivity contribution in [1.29, 1.82) is 0 Å². The second kappa shape index (κ2) is 6.75. The van der Waals surface area contributed by atoms with E-state index in [-0.39, 0.29) is 5.91 Å². The Kier molecular flexibility index (Phi) is 4.27. The first-order chi connectivity index (χ1) is 13.1. The number of carbonyl (C=O) groups excluding carboxylic acids is 1. The average molecular weight is 367 g/mol. The molecule has 0 unspecified atom stereocenters. The van der Waals surface area contributed by atoms with Crippen LogP contribution in [-0.4, -0.2) is 64.3 Å². The highest BCUT2D eigenvalue weighted by Gasteiger charge is 2.21. The summed E-state index contributed by atoms with van der Waals surface area (Å²) in [7, 11) is 3.39. The molecule has 4 heterocycles. The van der Waals surface area contributed by atoms with Crippen molar-refractivity contribution in [3.8, 4) is 11.4 Å². The summed E-state index contributed by atoms with van der Waals surface area (Å²) in [6, 6.07) is 7.46. The van der Waals surface area contributed by atoms with Crippen LogP contribution in [0, 0.1) is 0 Å². The van der Waals surface area contributed by atoms with Crippen LogP contribution in [0.3, 0.4) is 0 Å². The highest BCUT2D eigenvalue weighted by molar-refractivity contribution is 5.81. The van der Waals surface area contributed by atoms with E-state index in [0.717, 1.165) is 12.4 Å². The molecule has 9 heteroatoms. The third kappa shape index (κ3) is 3.01. The number of aromatic nitrogens is 4. The van der Waals surface area contributed by atoms with Crippen molar-refractivity contribution < 1.29 is 9.63 Å². The van der Waals surface area contributed by atoms with Crippen LogP contribution in [0.4, 0.5) is 11.6 Å². The fraction of sp³-hybridized carbons (Fsp3) is 0.333. The van der Waals surface area contributed by atoms with Crippen molar-refractivity contribution in [2.75, 3.05) is 44.4 Å². The second-order valence-corrected chi connectivity index (χ2v) is 6.41. The van der Waals surface area contributed by atoms with Gasteiger partial charge in [-0.05, 0) is 24.3 Å². The lowest BCUT2D eigenvalue weighted by Gasteiger charge is -2.21. The van der Waals surface area contributed by atoms with Crippen molar-refractivity contribution in [2.24, 2.45) is 0 Å². The van der Waals surface area contributed by atoms with E-state index in [1.165, 1.54) is 0 Å². The van der Waals surface area contributed by atoms with Gasteiger partial charge in [0.05, 0.1) is 5.56 Å². The molecule has 0 aliphatic carbocycles. The molecule has 3 aromatic heterocycles. The molecular weight excluding hydrogens is 346 g/mol. The standard InChI is InChI=1S/C18H21N7O2/c1-23-10-11-24(9-7-15(23)26)14-6-5-13-18(22-14)25(27-2)17(21-13)12-4-3-8-20-16(12)19/h3-6,8H,7,9-11H2,1-2H3,(H2,19,20). The fourth-order valence-corrected chi connectivity index (χ4v) is 3.21. The molecule has 1 amide bonds. The number of rotatable bonds is 3. The minimum atomic E-state index is 0.148. The molecule has 0 bridgehead atoms. The van der Waals surface area contributed by atoms with Crippen LogP contribution in [0.1, 0.15) is 6.42 Å². The summed E-state index contributed by atoms with van der Waals surface area (Å²) < 4.78 is 1.56. The highest BCUT2D eigenvalue weighted by Crippen LogP contribution is 2.27. The van der Waals surface area contributed by atoms with E-state index in [1.807, 2.05) is 25.2 Å². The van der Waals surface area contributed by atoms with Crippen LogP contribution in [0.2, 0.25) is 0 Å². The first-order valence-corrected chi connectivity index (χ1v) is 8.72. The van der Waals surface area contributed by atoms with Gasteiger partial charge in [-0.2, -0.15) is 0 Å². The van der Waals surface area contributed by atoms with Crippen molar-refractivity contribution >= 4 is 28.7 Å². The van der Waals surface area contributed by atoms with E-state index in [2.05, 4.69) is 14.9 Å². The summed E-state index contributed by atoms with van der Waals surface area (Å²) in [6.45, 7) is 2.02. The van der Waals surface area contributed by atoms with Crippen LogP contribution in [0.25, 0.3) is 22.6 Å². The number of imidazole rings is 1. The van der Waals surface area contributed by atoms with Crippen LogP contribution in [0.5, 0.6) is 0 Å². The zero-order valence-corrected chi connectivity index (χ0v) is 15.3. The van der Waals surface area contributed by atoms with Crippen LogP contribution >= 0.6 is 0 Å². The maximum atomic E-state index is 11.9. The summed E-state index contributed by atoms with van der Waals surface area (Å²) in [5.41, 5.74) is 7.98. The van der Waals surface area contributed by atoms with Gasteiger partial charge in [0.1, 0.15) is 24.3 Å². The summed E-state index contributed by atoms with van der Waals surface area (Å²) >= 11 is 0. The number of fused-ring (bicyclic) bond motifs is 1. The number of amides is 1. The maximum Gasteiger partial charge on any atom is 0.224 e. The molecule has 1 fully saturated rings. The van der Waals surface area contributed by atoms with Crippen molar-refractivity contribution in [3.05, 3.63) is 30.5 Å². The number of anilines is 2. The van der Waals surface area contributed by atoms with E-state index in [0.29, 0.717) is 47.9 Å². The van der Waals surface area contributed by atoms with Gasteiger partial charge in [-0.1, -0.05) is 0 Å². The van der Waals surface area contributed by atoms with Crippen LogP contribution < -0.4 is 15.5 Å². The van der Waals surface area contributed by atoms with E-state index in [9.17, 15) is 4.79 Å². The first kappa shape index (κ1) is 17.1. The van der Waals surface area contributed by atoms with E-state index in [1.54, 1.807) is 29.0 Å². The lowest BCUT2D eigenvalue weighted by Crippen LogP contribution is -2.30. The van der Waals surface area contributed by atoms with Crippen molar-refractivity contribution in [1.82, 2.24) is 24.6 Å². The minimum absolute atomic E-state index is 0.148. The summed E-state index contributed by atoms with van der Waals surface area (Å²) in [4.78, 5) is 34.8. The predicted molar refractivity (Wildman–Crippen MR) is 102 cm³/mol. The Morgan fingerprint density at radius 1 is 1.15 bits per heavy atom. The molecule has 1 saturated heterocycles. The highest BCUT2D eigenvalue weighted by atomic mass is 16.6. The molecule has 0 aromatic carbocycles. The molecule has 0 radical (unpaired) electrons. The minimum Gasteiger partial charge on any atom is -0.413 e. The molecule has 2 N–H and O–H groups in total. The van der Waals surface area contributed by atoms with Gasteiger partial charge in [-0.3, -0.25) is 4.79 Å². The Morgan fingerprint density at radius 3 is 2.78 bits per heavy atom. The Balaban J connectivity index is 1.76. The van der Waals surface area contributed by atoms with E-state index < -0.39 is 0 Å². The second-order valence-electron chi connectivity index (χ2n) is 6.41. The van der Waals surface area contributed by atoms with Gasteiger partial charge in [0, 0.05) is 39.3 Å². The number of nitrogen functional groups attached to an aromatic ring is 1. The SMILES string of the molecule is COn1c(-c2cccnc2N)nc2ccc(N3CCC(=O)N(C)CC3)nc21. The molecule has 3 aromatic rings. The summed E-state index contributed by atoms with van der Waals surface area (Å²) in [6.07, 6.45) is 2.10. The lowest BCUT2D eigenvalue weighted by molar-refractivity contribution is -0.129. The van der Waals surface area contributed by atoms with Gasteiger partial charge in [-0.15, -0.1) is 4.73 Å². The van der Waals surface area contributed by atoms with Gasteiger partial charge in [0.15, 0.2) is 11.5 Å². The Bertz CT molecular complexity index is 1000. The monoisotopic (exact) mass is 367 g/mol. The number of nitrogens with zero attached hydrogens (tertiary/aromatic N) is 6. The first-order valence-electron chi connectivity index (χ1n) is 8.72. The van der Waals surface area contributed by atoms with Gasteiger partial charge < -0.3 is 20.4 Å². The number of likely N-dealkylation sites (N-methyl/N-ethyl adjacent to an activating group) is 1. The Morgan fingerprint density at radius 2 is 2.00 bits per heavy atom. The Hall–Kier alpha value is -3.36. The van der Waals surface area contributed by atoms with E-state index in [4.69, 9.17) is 15.6 Å². The van der Waals surface area contributed by atoms with Gasteiger partial charge in [0.2, 0.25) is 5.91 Å². The molecule has 9 nitrogen and oxygen atoms in total. The van der Waals surface area contributed by atoms with E-state index >= 15 is 0 Å². The van der Waals surface area contributed by atoms with Crippen molar-refractivity contribution in [2.45, 2.75) is 6.42 Å². The molecule has 27 heavy (non-hydrogen) atoms. The molecule has 0 saturated carbocycles. The normalized spacial score (nSPS) is 15.3. The number of hydrogen-bond donors (Lipinski definition) is 1. The smallest absolute Gasteiger partial charge is 0.224 e. The Labute approximate surface area is 156 Å². The molecule has 1 aliphatic rings. The predicted octanol–water partition coefficient (Wildman–Crippen LogP) is 0.802. The fourth-order valence-electron chi connectivity index (χ4n) is 3.21. The molecule has 0 atom stereocenters. The lowest BCUT2D eigenvalue weighted by atomic mass is 10.2. The molecular formula is C18H21N7O2.